The monoisotopic (exact) mass is 171 g/mol. The van der Waals surface area contributed by atoms with Crippen LogP contribution in [0.25, 0.3) is 0 Å². The van der Waals surface area contributed by atoms with Crippen molar-refractivity contribution in [2.24, 2.45) is 5.92 Å². The normalized spacial score (nSPS) is 35.2. The Bertz CT molecular complexity index is 167. The summed E-state index contributed by atoms with van der Waals surface area (Å²) in [5.41, 5.74) is 0.146. The van der Waals surface area contributed by atoms with Gasteiger partial charge in [0.1, 0.15) is 5.72 Å². The molecule has 1 aliphatic rings. The quantitative estimate of drug-likeness (QED) is 0.654. The van der Waals surface area contributed by atoms with Crippen LogP contribution < -0.4 is 5.32 Å². The summed E-state index contributed by atoms with van der Waals surface area (Å²) >= 11 is 0. The number of ether oxygens (including phenoxy) is 1. The van der Waals surface area contributed by atoms with E-state index in [0.717, 1.165) is 12.5 Å². The lowest BCUT2D eigenvalue weighted by Gasteiger charge is -2.30. The van der Waals surface area contributed by atoms with Crippen LogP contribution in [-0.4, -0.2) is 17.9 Å². The van der Waals surface area contributed by atoms with Gasteiger partial charge in [-0.1, -0.05) is 6.92 Å². The fourth-order valence-electron chi connectivity index (χ4n) is 1.84. The van der Waals surface area contributed by atoms with Gasteiger partial charge in [-0.3, -0.25) is 5.32 Å². The molecule has 1 N–H and O–H groups in total. The van der Waals surface area contributed by atoms with Crippen molar-refractivity contribution in [1.29, 1.82) is 0 Å². The molecule has 1 rings (SSSR count). The molecule has 2 atom stereocenters. The molecule has 72 valence electrons. The Labute approximate surface area is 75.7 Å². The van der Waals surface area contributed by atoms with Gasteiger partial charge in [0.15, 0.2) is 0 Å². The van der Waals surface area contributed by atoms with E-state index < -0.39 is 0 Å². The zero-order valence-corrected chi connectivity index (χ0v) is 8.90. The van der Waals surface area contributed by atoms with Gasteiger partial charge in [-0.05, 0) is 40.0 Å². The number of hydrogen-bond donors (Lipinski definition) is 1. The van der Waals surface area contributed by atoms with Crippen LogP contribution in [0, 0.1) is 5.92 Å². The van der Waals surface area contributed by atoms with Crippen LogP contribution in [0.1, 0.15) is 41.0 Å². The van der Waals surface area contributed by atoms with Crippen molar-refractivity contribution in [3.63, 3.8) is 0 Å². The summed E-state index contributed by atoms with van der Waals surface area (Å²) in [7, 11) is 0. The fraction of sp³-hybridized carbons (Fsp3) is 1.00. The van der Waals surface area contributed by atoms with Crippen LogP contribution in [0.15, 0.2) is 0 Å². The molecule has 0 heterocycles. The lowest BCUT2D eigenvalue weighted by molar-refractivity contribution is -0.0468. The van der Waals surface area contributed by atoms with E-state index in [1.54, 1.807) is 0 Å². The molecule has 0 amide bonds. The molecule has 0 aliphatic heterocycles. The topological polar surface area (TPSA) is 21.3 Å². The van der Waals surface area contributed by atoms with E-state index in [4.69, 9.17) is 4.74 Å². The average molecular weight is 171 g/mol. The van der Waals surface area contributed by atoms with Gasteiger partial charge in [-0.25, -0.2) is 0 Å². The van der Waals surface area contributed by atoms with Crippen LogP contribution in [0.2, 0.25) is 0 Å². The molecule has 0 spiro atoms. The molecule has 0 aromatic carbocycles. The van der Waals surface area contributed by atoms with Gasteiger partial charge in [0, 0.05) is 12.1 Å². The smallest absolute Gasteiger partial charge is 0.113 e. The summed E-state index contributed by atoms with van der Waals surface area (Å²) in [6.07, 6.45) is 1.27. The van der Waals surface area contributed by atoms with Gasteiger partial charge >= 0.3 is 0 Å². The highest BCUT2D eigenvalue weighted by Crippen LogP contribution is 2.43. The zero-order valence-electron chi connectivity index (χ0n) is 8.90. The predicted molar refractivity (Wildman–Crippen MR) is 51.0 cm³/mol. The van der Waals surface area contributed by atoms with Crippen molar-refractivity contribution >= 4 is 0 Å². The molecule has 0 aromatic rings. The van der Waals surface area contributed by atoms with Crippen molar-refractivity contribution in [3.05, 3.63) is 0 Å². The third kappa shape index (κ3) is 2.20. The van der Waals surface area contributed by atoms with Crippen LogP contribution in [0.5, 0.6) is 0 Å². The third-order valence-electron chi connectivity index (χ3n) is 2.75. The summed E-state index contributed by atoms with van der Waals surface area (Å²) in [4.78, 5) is 0. The first-order valence-corrected chi connectivity index (χ1v) is 4.83. The minimum atomic E-state index is -0.172. The number of hydrogen-bond acceptors (Lipinski definition) is 2. The molecule has 0 bridgehead atoms. The molecule has 2 nitrogen and oxygen atoms in total. The first-order valence-electron chi connectivity index (χ1n) is 4.83. The number of rotatable bonds is 4. The van der Waals surface area contributed by atoms with Gasteiger partial charge in [0.25, 0.3) is 0 Å². The predicted octanol–water partition coefficient (Wildman–Crippen LogP) is 2.15. The maximum absolute atomic E-state index is 5.58. The Balaban J connectivity index is 2.39. The molecule has 0 unspecified atom stereocenters. The molecule has 1 fully saturated rings. The highest BCUT2D eigenvalue weighted by atomic mass is 16.5. The van der Waals surface area contributed by atoms with Crippen LogP contribution in [-0.2, 0) is 4.74 Å². The molecule has 0 aromatic heterocycles. The van der Waals surface area contributed by atoms with E-state index in [0.29, 0.717) is 5.54 Å². The molecule has 1 saturated carbocycles. The van der Waals surface area contributed by atoms with Crippen molar-refractivity contribution < 1.29 is 4.74 Å². The van der Waals surface area contributed by atoms with Gasteiger partial charge in [-0.2, -0.15) is 0 Å². The first kappa shape index (κ1) is 10.0. The first-order chi connectivity index (χ1) is 5.40. The van der Waals surface area contributed by atoms with Crippen LogP contribution in [0.3, 0.4) is 0 Å². The molecule has 12 heavy (non-hydrogen) atoms. The molecule has 0 saturated heterocycles. The molecular formula is C10H21NO. The number of nitrogens with one attached hydrogen (secondary N) is 1. The van der Waals surface area contributed by atoms with Crippen molar-refractivity contribution in [2.45, 2.75) is 52.3 Å². The maximum Gasteiger partial charge on any atom is 0.113 e. The SMILES string of the molecule is CCOC(C)(C)N[C@@]1(C)C[C@@H]1C. The van der Waals surface area contributed by atoms with Crippen molar-refractivity contribution in [2.75, 3.05) is 6.61 Å². The van der Waals surface area contributed by atoms with E-state index in [1.807, 2.05) is 6.92 Å². The Morgan fingerprint density at radius 3 is 2.42 bits per heavy atom. The lowest BCUT2D eigenvalue weighted by atomic mass is 10.2. The summed E-state index contributed by atoms with van der Waals surface area (Å²) in [5.74, 6) is 0.789. The van der Waals surface area contributed by atoms with Crippen LogP contribution in [0.4, 0.5) is 0 Å². The van der Waals surface area contributed by atoms with Gasteiger partial charge < -0.3 is 4.74 Å². The summed E-state index contributed by atoms with van der Waals surface area (Å²) in [5, 5.41) is 3.54. The van der Waals surface area contributed by atoms with E-state index in [9.17, 15) is 0 Å². The summed E-state index contributed by atoms with van der Waals surface area (Å²) < 4.78 is 5.58. The van der Waals surface area contributed by atoms with E-state index in [1.165, 1.54) is 6.42 Å². The van der Waals surface area contributed by atoms with E-state index in [-0.39, 0.29) is 5.72 Å². The van der Waals surface area contributed by atoms with Gasteiger partial charge in [0.2, 0.25) is 0 Å². The molecule has 0 radical (unpaired) electrons. The highest BCUT2D eigenvalue weighted by Gasteiger charge is 2.49. The Kier molecular flexibility index (Phi) is 2.50. The van der Waals surface area contributed by atoms with Crippen molar-refractivity contribution in [1.82, 2.24) is 5.32 Å². The Hall–Kier alpha value is -0.0800. The molecule has 1 aliphatic carbocycles. The Morgan fingerprint density at radius 1 is 1.58 bits per heavy atom. The second kappa shape index (κ2) is 3.00. The summed E-state index contributed by atoms with van der Waals surface area (Å²) in [6, 6.07) is 0. The minimum absolute atomic E-state index is 0.172. The molecule has 2 heteroatoms. The second-order valence-corrected chi connectivity index (χ2v) is 4.59. The minimum Gasteiger partial charge on any atom is -0.362 e. The standard InChI is InChI=1S/C10H21NO/c1-6-12-9(3,4)11-10(5)7-8(10)2/h8,11H,6-7H2,1-5H3/t8-,10-/m0/s1. The van der Waals surface area contributed by atoms with E-state index in [2.05, 4.69) is 33.0 Å². The van der Waals surface area contributed by atoms with Crippen LogP contribution >= 0.6 is 0 Å². The van der Waals surface area contributed by atoms with Gasteiger partial charge in [-0.15, -0.1) is 0 Å². The zero-order chi connectivity index (χ0) is 9.41. The third-order valence-corrected chi connectivity index (χ3v) is 2.75. The second-order valence-electron chi connectivity index (χ2n) is 4.59. The maximum atomic E-state index is 5.58. The highest BCUT2D eigenvalue weighted by molar-refractivity contribution is 5.06. The van der Waals surface area contributed by atoms with Gasteiger partial charge in [0.05, 0.1) is 0 Å². The fourth-order valence-corrected chi connectivity index (χ4v) is 1.84. The lowest BCUT2D eigenvalue weighted by Crippen LogP contribution is -2.49. The average Bonchev–Trinajstić information content (AvgIpc) is 2.36. The largest absolute Gasteiger partial charge is 0.362 e. The van der Waals surface area contributed by atoms with E-state index >= 15 is 0 Å². The molecular weight excluding hydrogens is 150 g/mol. The summed E-state index contributed by atoms with van der Waals surface area (Å²) in [6.45, 7) is 11.5. The Morgan fingerprint density at radius 2 is 2.08 bits per heavy atom. The van der Waals surface area contributed by atoms with Crippen molar-refractivity contribution in [3.8, 4) is 0 Å².